The van der Waals surface area contributed by atoms with Crippen LogP contribution in [0.15, 0.2) is 53.5 Å². The van der Waals surface area contributed by atoms with E-state index >= 15 is 0 Å². The molecule has 0 aliphatic carbocycles. The molecule has 0 unspecified atom stereocenters. The average molecular weight is 383 g/mol. The second-order valence-corrected chi connectivity index (χ2v) is 7.09. The van der Waals surface area contributed by atoms with Crippen LogP contribution in [0.25, 0.3) is 0 Å². The van der Waals surface area contributed by atoms with Crippen LogP contribution in [0.5, 0.6) is 11.5 Å². The minimum atomic E-state index is 0.0379. The van der Waals surface area contributed by atoms with Gasteiger partial charge >= 0.3 is 0 Å². The summed E-state index contributed by atoms with van der Waals surface area (Å²) < 4.78 is 11.1. The summed E-state index contributed by atoms with van der Waals surface area (Å²) in [6.45, 7) is 8.11. The van der Waals surface area contributed by atoms with Gasteiger partial charge in [-0.1, -0.05) is 37.3 Å². The van der Waals surface area contributed by atoms with E-state index in [0.717, 1.165) is 32.7 Å². The van der Waals surface area contributed by atoms with E-state index in [1.54, 1.807) is 12.3 Å². The monoisotopic (exact) mass is 382 g/mol. The van der Waals surface area contributed by atoms with E-state index in [9.17, 15) is 5.11 Å². The highest BCUT2D eigenvalue weighted by atomic mass is 16.5. The normalized spacial score (nSPS) is 17.5. The van der Waals surface area contributed by atoms with Gasteiger partial charge < -0.3 is 14.6 Å². The molecule has 1 saturated heterocycles. The first kappa shape index (κ1) is 20.4. The molecule has 5 heteroatoms. The van der Waals surface area contributed by atoms with Crippen LogP contribution in [0.3, 0.4) is 0 Å². The van der Waals surface area contributed by atoms with Crippen LogP contribution in [-0.4, -0.2) is 55.2 Å². The molecule has 0 aromatic heterocycles. The number of benzene rings is 2. The quantitative estimate of drug-likeness (QED) is 0.700. The predicted molar refractivity (Wildman–Crippen MR) is 113 cm³/mol. The molecule has 3 rings (SSSR count). The van der Waals surface area contributed by atoms with Gasteiger partial charge in [0, 0.05) is 30.9 Å². The fourth-order valence-electron chi connectivity index (χ4n) is 3.52. The summed E-state index contributed by atoms with van der Waals surface area (Å²) in [5.74, 6) is 0.868. The van der Waals surface area contributed by atoms with Gasteiger partial charge in [0.2, 0.25) is 0 Å². The molecule has 2 aromatic carbocycles. The molecule has 150 valence electrons. The maximum atomic E-state index is 10.3. The average Bonchev–Trinajstić information content (AvgIpc) is 2.73. The highest BCUT2D eigenvalue weighted by molar-refractivity contribution is 5.83. The van der Waals surface area contributed by atoms with E-state index < -0.39 is 0 Å². The summed E-state index contributed by atoms with van der Waals surface area (Å²) >= 11 is 0. The zero-order chi connectivity index (χ0) is 19.8. The fraction of sp³-hybridized carbons (Fsp3) is 0.435. The van der Waals surface area contributed by atoms with Gasteiger partial charge in [0.15, 0.2) is 0 Å². The van der Waals surface area contributed by atoms with Crippen LogP contribution in [0.1, 0.15) is 37.4 Å². The van der Waals surface area contributed by atoms with Crippen molar-refractivity contribution >= 4 is 6.21 Å². The van der Waals surface area contributed by atoms with Crippen LogP contribution in [-0.2, 0) is 4.74 Å². The summed E-state index contributed by atoms with van der Waals surface area (Å²) in [5.41, 5.74) is 1.95. The molecule has 0 radical (unpaired) electrons. The molecule has 1 aliphatic heterocycles. The van der Waals surface area contributed by atoms with E-state index in [1.807, 2.05) is 18.2 Å². The molecule has 2 aromatic rings. The molecule has 0 bridgehead atoms. The molecule has 1 N–H and O–H groups in total. The Morgan fingerprint density at radius 1 is 1.18 bits per heavy atom. The van der Waals surface area contributed by atoms with Gasteiger partial charge in [-0.2, -0.15) is 0 Å². The molecule has 1 heterocycles. The Kier molecular flexibility index (Phi) is 7.46. The third-order valence-electron chi connectivity index (χ3n) is 4.96. The van der Waals surface area contributed by atoms with E-state index in [0.29, 0.717) is 17.9 Å². The van der Waals surface area contributed by atoms with Gasteiger partial charge in [0.1, 0.15) is 11.5 Å². The summed E-state index contributed by atoms with van der Waals surface area (Å²) in [6.07, 6.45) is 2.70. The van der Waals surface area contributed by atoms with Gasteiger partial charge in [-0.15, -0.1) is 0 Å². The van der Waals surface area contributed by atoms with E-state index in [-0.39, 0.29) is 17.8 Å². The molecular weight excluding hydrogens is 352 g/mol. The number of hydrogen-bond donors (Lipinski definition) is 1. The number of phenols is 1. The zero-order valence-electron chi connectivity index (χ0n) is 16.8. The standard InChI is InChI=1S/C23H30N2O3/c1-3-13-28-21-10-9-20(22(26)16-21)17-24-18(2)23(19-7-5-4-6-8-19)25-11-14-27-15-12-25/h4-10,16-18,23,26H,3,11-15H2,1-2H3/t18-,23-/m0/s1. The molecule has 28 heavy (non-hydrogen) atoms. The second-order valence-electron chi connectivity index (χ2n) is 7.09. The number of rotatable bonds is 8. The highest BCUT2D eigenvalue weighted by Crippen LogP contribution is 2.28. The number of aromatic hydroxyl groups is 1. The zero-order valence-corrected chi connectivity index (χ0v) is 16.8. The van der Waals surface area contributed by atoms with E-state index in [4.69, 9.17) is 14.5 Å². The Balaban J connectivity index is 1.76. The number of hydrogen-bond acceptors (Lipinski definition) is 5. The van der Waals surface area contributed by atoms with E-state index in [1.165, 1.54) is 5.56 Å². The number of phenolic OH excluding ortho intramolecular Hbond substituents is 1. The number of nitrogens with zero attached hydrogens (tertiary/aromatic N) is 2. The van der Waals surface area contributed by atoms with Crippen LogP contribution < -0.4 is 4.74 Å². The van der Waals surface area contributed by atoms with Crippen molar-refractivity contribution in [2.45, 2.75) is 32.4 Å². The Morgan fingerprint density at radius 2 is 1.93 bits per heavy atom. The minimum Gasteiger partial charge on any atom is -0.507 e. The molecule has 1 aliphatic rings. The van der Waals surface area contributed by atoms with Gasteiger partial charge in [0.25, 0.3) is 0 Å². The first-order valence-corrected chi connectivity index (χ1v) is 10.0. The fourth-order valence-corrected chi connectivity index (χ4v) is 3.52. The topological polar surface area (TPSA) is 54.3 Å². The van der Waals surface area contributed by atoms with E-state index in [2.05, 4.69) is 43.0 Å². The lowest BCUT2D eigenvalue weighted by molar-refractivity contribution is 0.0119. The number of aliphatic imine (C=N–C) groups is 1. The van der Waals surface area contributed by atoms with Crippen molar-refractivity contribution in [3.8, 4) is 11.5 Å². The van der Waals surface area contributed by atoms with Gasteiger partial charge in [-0.05, 0) is 31.0 Å². The summed E-state index contributed by atoms with van der Waals surface area (Å²) in [5, 5.41) is 10.3. The summed E-state index contributed by atoms with van der Waals surface area (Å²) in [7, 11) is 0. The lowest BCUT2D eigenvalue weighted by Crippen LogP contribution is -2.42. The van der Waals surface area contributed by atoms with Crippen molar-refractivity contribution in [2.24, 2.45) is 4.99 Å². The van der Waals surface area contributed by atoms with Crippen LogP contribution in [0, 0.1) is 0 Å². The molecule has 0 spiro atoms. The maximum Gasteiger partial charge on any atom is 0.128 e. The van der Waals surface area contributed by atoms with Crippen molar-refractivity contribution in [2.75, 3.05) is 32.9 Å². The smallest absolute Gasteiger partial charge is 0.128 e. The predicted octanol–water partition coefficient (Wildman–Crippen LogP) is 4.06. The molecule has 0 amide bonds. The van der Waals surface area contributed by atoms with Gasteiger partial charge in [0.05, 0.1) is 31.9 Å². The maximum absolute atomic E-state index is 10.3. The molecule has 0 saturated carbocycles. The Hall–Kier alpha value is -2.37. The van der Waals surface area contributed by atoms with Crippen molar-refractivity contribution in [1.82, 2.24) is 4.90 Å². The third kappa shape index (κ3) is 5.33. The number of morpholine rings is 1. The Morgan fingerprint density at radius 3 is 2.61 bits per heavy atom. The van der Waals surface area contributed by atoms with Gasteiger partial charge in [-0.25, -0.2) is 0 Å². The first-order valence-electron chi connectivity index (χ1n) is 10.0. The third-order valence-corrected chi connectivity index (χ3v) is 4.96. The summed E-state index contributed by atoms with van der Waals surface area (Å²) in [6, 6.07) is 16.1. The lowest BCUT2D eigenvalue weighted by atomic mass is 9.98. The van der Waals surface area contributed by atoms with Crippen LogP contribution in [0.4, 0.5) is 0 Å². The van der Waals surface area contributed by atoms with Crippen molar-refractivity contribution in [3.05, 3.63) is 59.7 Å². The SMILES string of the molecule is CCCOc1ccc(C=N[C@@H](C)[C@@H](c2ccccc2)N2CCOCC2)c(O)c1. The number of ether oxygens (including phenoxy) is 2. The van der Waals surface area contributed by atoms with Crippen molar-refractivity contribution < 1.29 is 14.6 Å². The Bertz CT molecular complexity index is 758. The van der Waals surface area contributed by atoms with Crippen molar-refractivity contribution in [1.29, 1.82) is 0 Å². The molecular formula is C23H30N2O3. The molecule has 2 atom stereocenters. The van der Waals surface area contributed by atoms with Crippen molar-refractivity contribution in [3.63, 3.8) is 0 Å². The summed E-state index contributed by atoms with van der Waals surface area (Å²) in [4.78, 5) is 7.22. The van der Waals surface area contributed by atoms with Crippen LogP contribution >= 0.6 is 0 Å². The molecule has 1 fully saturated rings. The second kappa shape index (κ2) is 10.2. The highest BCUT2D eigenvalue weighted by Gasteiger charge is 2.27. The minimum absolute atomic E-state index is 0.0379. The Labute approximate surface area is 167 Å². The lowest BCUT2D eigenvalue weighted by Gasteiger charge is -2.37. The first-order chi connectivity index (χ1) is 13.7. The van der Waals surface area contributed by atoms with Crippen LogP contribution in [0.2, 0.25) is 0 Å². The molecule has 5 nitrogen and oxygen atoms in total. The van der Waals surface area contributed by atoms with Gasteiger partial charge in [-0.3, -0.25) is 9.89 Å². The largest absolute Gasteiger partial charge is 0.507 e.